The van der Waals surface area contributed by atoms with Crippen molar-refractivity contribution in [2.24, 2.45) is 0 Å². The summed E-state index contributed by atoms with van der Waals surface area (Å²) < 4.78 is 1.47. The van der Waals surface area contributed by atoms with Gasteiger partial charge in [-0.3, -0.25) is 4.79 Å². The normalized spacial score (nSPS) is 10.7. The highest BCUT2D eigenvalue weighted by atomic mass is 35.5. The van der Waals surface area contributed by atoms with Crippen molar-refractivity contribution < 1.29 is 9.90 Å². The Bertz CT molecular complexity index is 948. The van der Waals surface area contributed by atoms with Crippen LogP contribution in [0.5, 0.6) is 5.75 Å². The summed E-state index contributed by atoms with van der Waals surface area (Å²) in [4.78, 5) is 16.3. The maximum absolute atomic E-state index is 12.2. The first-order chi connectivity index (χ1) is 12.4. The molecule has 1 aromatic carbocycles. The maximum Gasteiger partial charge on any atom is 0.236 e. The number of halogens is 2. The largest absolute Gasteiger partial charge is 0.508 e. The monoisotopic (exact) mass is 410 g/mol. The SMILES string of the molecule is Cc1nc(NC(=O)CSc2nnnn2-c2ccc(O)cc2)c(Cl)cc1Cl. The highest BCUT2D eigenvalue weighted by Gasteiger charge is 2.14. The van der Waals surface area contributed by atoms with E-state index in [0.717, 1.165) is 11.8 Å². The summed E-state index contributed by atoms with van der Waals surface area (Å²) in [6, 6.07) is 7.90. The molecule has 0 saturated heterocycles. The van der Waals surface area contributed by atoms with Crippen LogP contribution in [-0.2, 0) is 4.79 Å². The molecule has 2 N–H and O–H groups in total. The van der Waals surface area contributed by atoms with Crippen LogP contribution in [0, 0.1) is 6.92 Å². The Balaban J connectivity index is 1.67. The number of phenolic OH excluding ortho intramolecular Hbond substituents is 1. The molecule has 0 spiro atoms. The predicted octanol–water partition coefficient (Wildman–Crippen LogP) is 3.11. The molecule has 3 rings (SSSR count). The average molecular weight is 411 g/mol. The zero-order chi connectivity index (χ0) is 18.7. The highest BCUT2D eigenvalue weighted by Crippen LogP contribution is 2.26. The average Bonchev–Trinajstić information content (AvgIpc) is 3.07. The van der Waals surface area contributed by atoms with Crippen LogP contribution >= 0.6 is 35.0 Å². The predicted molar refractivity (Wildman–Crippen MR) is 99.2 cm³/mol. The summed E-state index contributed by atoms with van der Waals surface area (Å²) in [6.45, 7) is 1.72. The molecule has 11 heteroatoms. The lowest BCUT2D eigenvalue weighted by Gasteiger charge is -2.08. The van der Waals surface area contributed by atoms with Gasteiger partial charge >= 0.3 is 0 Å². The summed E-state index contributed by atoms with van der Waals surface area (Å²) in [5.41, 5.74) is 1.23. The van der Waals surface area contributed by atoms with Crippen LogP contribution in [0.1, 0.15) is 5.69 Å². The Hall–Kier alpha value is -2.36. The molecule has 0 fully saturated rings. The first-order valence-electron chi connectivity index (χ1n) is 7.27. The number of amides is 1. The van der Waals surface area contributed by atoms with Crippen molar-refractivity contribution in [3.63, 3.8) is 0 Å². The molecular weight excluding hydrogens is 399 g/mol. The van der Waals surface area contributed by atoms with Crippen molar-refractivity contribution in [2.45, 2.75) is 12.1 Å². The fraction of sp³-hybridized carbons (Fsp3) is 0.133. The zero-order valence-corrected chi connectivity index (χ0v) is 15.7. The van der Waals surface area contributed by atoms with Crippen LogP contribution in [0.15, 0.2) is 35.5 Å². The van der Waals surface area contributed by atoms with Crippen molar-refractivity contribution in [1.29, 1.82) is 0 Å². The van der Waals surface area contributed by atoms with Crippen molar-refractivity contribution >= 4 is 46.7 Å². The van der Waals surface area contributed by atoms with Gasteiger partial charge in [-0.25, -0.2) is 4.98 Å². The topological polar surface area (TPSA) is 106 Å². The number of carbonyl (C=O) groups is 1. The van der Waals surface area contributed by atoms with E-state index in [2.05, 4.69) is 25.8 Å². The fourth-order valence-electron chi connectivity index (χ4n) is 1.97. The molecule has 0 aliphatic rings. The lowest BCUT2D eigenvalue weighted by molar-refractivity contribution is -0.113. The van der Waals surface area contributed by atoms with Gasteiger partial charge < -0.3 is 10.4 Å². The summed E-state index contributed by atoms with van der Waals surface area (Å²) in [5.74, 6) is 0.125. The number of benzene rings is 1. The van der Waals surface area contributed by atoms with E-state index in [1.165, 1.54) is 22.9 Å². The molecule has 0 aliphatic carbocycles. The second-order valence-electron chi connectivity index (χ2n) is 5.11. The number of nitrogens with one attached hydrogen (secondary N) is 1. The minimum atomic E-state index is -0.314. The molecule has 2 aromatic heterocycles. The van der Waals surface area contributed by atoms with Crippen molar-refractivity contribution in [2.75, 3.05) is 11.1 Å². The van der Waals surface area contributed by atoms with E-state index in [0.29, 0.717) is 21.6 Å². The van der Waals surface area contributed by atoms with Gasteiger partial charge in [0, 0.05) is 0 Å². The number of thioether (sulfide) groups is 1. The number of nitrogens with zero attached hydrogens (tertiary/aromatic N) is 5. The van der Waals surface area contributed by atoms with E-state index in [9.17, 15) is 9.90 Å². The number of pyridine rings is 1. The zero-order valence-electron chi connectivity index (χ0n) is 13.3. The molecule has 0 aliphatic heterocycles. The van der Waals surface area contributed by atoms with E-state index < -0.39 is 0 Å². The molecular formula is C15H12Cl2N6O2S. The van der Waals surface area contributed by atoms with Gasteiger partial charge in [0.2, 0.25) is 11.1 Å². The number of tetrazole rings is 1. The maximum atomic E-state index is 12.2. The van der Waals surface area contributed by atoms with Gasteiger partial charge in [-0.2, -0.15) is 4.68 Å². The molecule has 26 heavy (non-hydrogen) atoms. The molecule has 0 radical (unpaired) electrons. The van der Waals surface area contributed by atoms with E-state index in [-0.39, 0.29) is 28.3 Å². The Kier molecular flexibility index (Phi) is 5.60. The Labute approximate surface area is 162 Å². The lowest BCUT2D eigenvalue weighted by Crippen LogP contribution is -2.16. The minimum Gasteiger partial charge on any atom is -0.508 e. The van der Waals surface area contributed by atoms with Crippen LogP contribution in [0.3, 0.4) is 0 Å². The van der Waals surface area contributed by atoms with Gasteiger partial charge in [0.1, 0.15) is 5.75 Å². The van der Waals surface area contributed by atoms with Crippen LogP contribution in [-0.4, -0.2) is 42.0 Å². The molecule has 0 unspecified atom stereocenters. The first-order valence-corrected chi connectivity index (χ1v) is 9.01. The van der Waals surface area contributed by atoms with Gasteiger partial charge in [-0.05, 0) is 47.7 Å². The quantitative estimate of drug-likeness (QED) is 0.622. The number of aromatic hydroxyl groups is 1. The van der Waals surface area contributed by atoms with Crippen LogP contribution in [0.4, 0.5) is 5.82 Å². The van der Waals surface area contributed by atoms with Gasteiger partial charge in [-0.15, -0.1) is 5.10 Å². The molecule has 0 saturated carbocycles. The Morgan fingerprint density at radius 1 is 1.27 bits per heavy atom. The van der Waals surface area contributed by atoms with Crippen molar-refractivity contribution in [1.82, 2.24) is 25.2 Å². The molecule has 0 bridgehead atoms. The molecule has 8 nitrogen and oxygen atoms in total. The summed E-state index contributed by atoms with van der Waals surface area (Å²) in [5, 5.41) is 24.5. The van der Waals surface area contributed by atoms with E-state index in [4.69, 9.17) is 23.2 Å². The Morgan fingerprint density at radius 2 is 2.00 bits per heavy atom. The third-order valence-corrected chi connectivity index (χ3v) is 4.82. The lowest BCUT2D eigenvalue weighted by atomic mass is 10.3. The fourth-order valence-corrected chi connectivity index (χ4v) is 3.07. The molecule has 3 aromatic rings. The molecule has 1 amide bonds. The number of hydrogen-bond acceptors (Lipinski definition) is 7. The van der Waals surface area contributed by atoms with E-state index in [1.807, 2.05) is 0 Å². The Morgan fingerprint density at radius 3 is 2.73 bits per heavy atom. The van der Waals surface area contributed by atoms with Crippen LogP contribution in [0.2, 0.25) is 10.0 Å². The molecule has 2 heterocycles. The number of phenols is 1. The van der Waals surface area contributed by atoms with Gasteiger partial charge in [0.15, 0.2) is 5.82 Å². The third kappa shape index (κ3) is 4.24. The van der Waals surface area contributed by atoms with Gasteiger partial charge in [0.25, 0.3) is 0 Å². The van der Waals surface area contributed by atoms with Gasteiger partial charge in [0.05, 0.1) is 27.2 Å². The summed E-state index contributed by atoms with van der Waals surface area (Å²) in [6.07, 6.45) is 0. The first kappa shape index (κ1) is 18.4. The van der Waals surface area contributed by atoms with E-state index >= 15 is 0 Å². The number of anilines is 1. The summed E-state index contributed by atoms with van der Waals surface area (Å²) in [7, 11) is 0. The third-order valence-electron chi connectivity index (χ3n) is 3.23. The number of rotatable bonds is 5. The number of aryl methyl sites for hydroxylation is 1. The molecule has 0 atom stereocenters. The molecule has 134 valence electrons. The second-order valence-corrected chi connectivity index (χ2v) is 6.87. The van der Waals surface area contributed by atoms with Crippen molar-refractivity contribution in [3.05, 3.63) is 46.1 Å². The van der Waals surface area contributed by atoms with Crippen LogP contribution < -0.4 is 5.32 Å². The standard InChI is InChI=1S/C15H12Cl2N6O2S/c1-8-11(16)6-12(17)14(18-8)19-13(25)7-26-15-20-21-22-23(15)9-2-4-10(24)5-3-9/h2-6,24H,7H2,1H3,(H,18,19,25). The number of carbonyl (C=O) groups excluding carboxylic acids is 1. The summed E-state index contributed by atoms with van der Waals surface area (Å²) >= 11 is 13.1. The van der Waals surface area contributed by atoms with Gasteiger partial charge in [-0.1, -0.05) is 35.0 Å². The number of aromatic nitrogens is 5. The number of hydrogen-bond donors (Lipinski definition) is 2. The van der Waals surface area contributed by atoms with Crippen LogP contribution in [0.25, 0.3) is 5.69 Å². The smallest absolute Gasteiger partial charge is 0.236 e. The van der Waals surface area contributed by atoms with Crippen molar-refractivity contribution in [3.8, 4) is 11.4 Å². The minimum absolute atomic E-state index is 0.0537. The van der Waals surface area contributed by atoms with E-state index in [1.54, 1.807) is 19.1 Å². The highest BCUT2D eigenvalue weighted by molar-refractivity contribution is 7.99. The second kappa shape index (κ2) is 7.90.